The maximum atomic E-state index is 11.4. The average Bonchev–Trinajstić information content (AvgIpc) is 3.27. The van der Waals surface area contributed by atoms with E-state index in [-0.39, 0.29) is 5.97 Å². The van der Waals surface area contributed by atoms with Crippen molar-refractivity contribution in [1.29, 1.82) is 5.26 Å². The van der Waals surface area contributed by atoms with Crippen LogP contribution in [-0.4, -0.2) is 25.3 Å². The monoisotopic (exact) mass is 273 g/mol. The lowest BCUT2D eigenvalue weighted by molar-refractivity contribution is -0.143. The lowest BCUT2D eigenvalue weighted by atomic mass is 9.98. The highest BCUT2D eigenvalue weighted by Crippen LogP contribution is 2.20. The van der Waals surface area contributed by atoms with Crippen LogP contribution in [0.1, 0.15) is 36.5 Å². The topological polar surface area (TPSA) is 62.6 Å². The first-order valence-electron chi connectivity index (χ1n) is 7.02. The van der Waals surface area contributed by atoms with Crippen LogP contribution in [0.25, 0.3) is 0 Å². The quantitative estimate of drug-likeness (QED) is 0.565. The number of epoxide rings is 1. The van der Waals surface area contributed by atoms with E-state index < -0.39 is 0 Å². The number of nitrogens with zero attached hydrogens (tertiary/aromatic N) is 1. The second-order valence-electron chi connectivity index (χ2n) is 4.90. The van der Waals surface area contributed by atoms with Crippen molar-refractivity contribution in [3.63, 3.8) is 0 Å². The zero-order valence-electron chi connectivity index (χ0n) is 11.7. The summed E-state index contributed by atoms with van der Waals surface area (Å²) in [5.74, 6) is -0.176. The van der Waals surface area contributed by atoms with Gasteiger partial charge in [-0.15, -0.1) is 0 Å². The van der Waals surface area contributed by atoms with E-state index in [1.165, 1.54) is 0 Å². The van der Waals surface area contributed by atoms with E-state index in [2.05, 4.69) is 6.07 Å². The smallest absolute Gasteiger partial charge is 0.306 e. The number of carbonyl (C=O) groups is 1. The Morgan fingerprint density at radius 1 is 1.50 bits per heavy atom. The third-order valence-corrected chi connectivity index (χ3v) is 3.35. The second kappa shape index (κ2) is 7.06. The number of carbonyl (C=O) groups excluding carboxylic acids is 1. The molecule has 20 heavy (non-hydrogen) atoms. The molecule has 0 aliphatic carbocycles. The van der Waals surface area contributed by atoms with Gasteiger partial charge in [0, 0.05) is 6.42 Å². The number of nitriles is 1. The summed E-state index contributed by atoms with van der Waals surface area (Å²) in [6, 6.07) is 8.00. The van der Waals surface area contributed by atoms with E-state index in [4.69, 9.17) is 14.7 Å². The van der Waals surface area contributed by atoms with Crippen molar-refractivity contribution < 1.29 is 14.3 Å². The fourth-order valence-electron chi connectivity index (χ4n) is 2.15. The minimum Gasteiger partial charge on any atom is -0.466 e. The molecule has 1 atom stereocenters. The summed E-state index contributed by atoms with van der Waals surface area (Å²) in [7, 11) is 0. The van der Waals surface area contributed by atoms with E-state index in [0.717, 1.165) is 30.6 Å². The molecule has 1 unspecified atom stereocenters. The van der Waals surface area contributed by atoms with E-state index in [0.29, 0.717) is 31.1 Å². The number of hydrogen-bond acceptors (Lipinski definition) is 4. The molecule has 4 heteroatoms. The number of esters is 1. The summed E-state index contributed by atoms with van der Waals surface area (Å²) >= 11 is 0. The average molecular weight is 273 g/mol. The molecule has 1 fully saturated rings. The number of aryl methyl sites for hydroxylation is 2. The zero-order chi connectivity index (χ0) is 14.4. The largest absolute Gasteiger partial charge is 0.466 e. The van der Waals surface area contributed by atoms with E-state index in [1.54, 1.807) is 6.92 Å². The molecule has 0 spiro atoms. The maximum absolute atomic E-state index is 11.4. The Kier molecular flexibility index (Phi) is 5.14. The molecule has 1 aromatic rings. The van der Waals surface area contributed by atoms with Crippen molar-refractivity contribution in [2.75, 3.05) is 13.2 Å². The molecule has 1 saturated heterocycles. The van der Waals surface area contributed by atoms with Crippen molar-refractivity contribution in [3.05, 3.63) is 34.9 Å². The van der Waals surface area contributed by atoms with Gasteiger partial charge in [-0.1, -0.05) is 12.1 Å². The molecular weight excluding hydrogens is 254 g/mol. The van der Waals surface area contributed by atoms with E-state index in [9.17, 15) is 4.79 Å². The predicted octanol–water partition coefficient (Wildman–Crippen LogP) is 2.39. The standard InChI is InChI=1S/C16H19NO3/c1-2-19-16(18)8-4-12-3-5-14(10-17)13(9-12)6-7-15-11-20-15/h3,5,9,15H,2,4,6-8,11H2,1H3. The molecular formula is C16H19NO3. The fourth-order valence-corrected chi connectivity index (χ4v) is 2.15. The normalized spacial score (nSPS) is 16.5. The van der Waals surface area contributed by atoms with Crippen LogP contribution < -0.4 is 0 Å². The summed E-state index contributed by atoms with van der Waals surface area (Å²) < 4.78 is 10.1. The summed E-state index contributed by atoms with van der Waals surface area (Å²) in [6.07, 6.45) is 3.20. The van der Waals surface area contributed by atoms with Gasteiger partial charge in [0.2, 0.25) is 0 Å². The molecule has 106 valence electrons. The van der Waals surface area contributed by atoms with Crippen LogP contribution in [0.4, 0.5) is 0 Å². The van der Waals surface area contributed by atoms with Crippen molar-refractivity contribution in [3.8, 4) is 6.07 Å². The van der Waals surface area contributed by atoms with Crippen LogP contribution >= 0.6 is 0 Å². The second-order valence-corrected chi connectivity index (χ2v) is 4.90. The van der Waals surface area contributed by atoms with Crippen LogP contribution in [0.3, 0.4) is 0 Å². The Balaban J connectivity index is 1.96. The van der Waals surface area contributed by atoms with E-state index in [1.807, 2.05) is 18.2 Å². The maximum Gasteiger partial charge on any atom is 0.306 e. The van der Waals surface area contributed by atoms with Gasteiger partial charge >= 0.3 is 5.97 Å². The lowest BCUT2D eigenvalue weighted by Gasteiger charge is -2.07. The van der Waals surface area contributed by atoms with Crippen molar-refractivity contribution in [2.45, 2.75) is 38.7 Å². The number of rotatable bonds is 7. The third kappa shape index (κ3) is 4.36. The first kappa shape index (κ1) is 14.5. The summed E-state index contributed by atoms with van der Waals surface area (Å²) in [5, 5.41) is 9.12. The molecule has 1 aliphatic rings. The zero-order valence-corrected chi connectivity index (χ0v) is 11.7. The Morgan fingerprint density at radius 3 is 2.95 bits per heavy atom. The van der Waals surface area contributed by atoms with Gasteiger partial charge in [0.25, 0.3) is 0 Å². The van der Waals surface area contributed by atoms with Crippen LogP contribution in [0, 0.1) is 11.3 Å². The Hall–Kier alpha value is -1.86. The predicted molar refractivity (Wildman–Crippen MR) is 74.2 cm³/mol. The molecule has 0 N–H and O–H groups in total. The SMILES string of the molecule is CCOC(=O)CCc1ccc(C#N)c(CCC2CO2)c1. The van der Waals surface area contributed by atoms with Gasteiger partial charge in [-0.05, 0) is 43.4 Å². The Morgan fingerprint density at radius 2 is 2.30 bits per heavy atom. The van der Waals surface area contributed by atoms with Gasteiger partial charge in [-0.2, -0.15) is 5.26 Å². The van der Waals surface area contributed by atoms with Crippen molar-refractivity contribution in [1.82, 2.24) is 0 Å². The lowest BCUT2D eigenvalue weighted by Crippen LogP contribution is -2.05. The molecule has 0 saturated carbocycles. The Bertz CT molecular complexity index is 515. The Labute approximate surface area is 119 Å². The van der Waals surface area contributed by atoms with Crippen molar-refractivity contribution in [2.24, 2.45) is 0 Å². The highest BCUT2D eigenvalue weighted by atomic mass is 16.6. The highest BCUT2D eigenvalue weighted by molar-refractivity contribution is 5.69. The van der Waals surface area contributed by atoms with Crippen molar-refractivity contribution >= 4 is 5.97 Å². The molecule has 1 heterocycles. The number of ether oxygens (including phenoxy) is 2. The summed E-state index contributed by atoms with van der Waals surface area (Å²) in [4.78, 5) is 11.4. The first-order valence-corrected chi connectivity index (χ1v) is 7.02. The molecule has 2 rings (SSSR count). The summed E-state index contributed by atoms with van der Waals surface area (Å²) in [5.41, 5.74) is 2.83. The molecule has 0 aromatic heterocycles. The molecule has 0 bridgehead atoms. The molecule has 0 amide bonds. The molecule has 4 nitrogen and oxygen atoms in total. The van der Waals surface area contributed by atoms with E-state index >= 15 is 0 Å². The minimum atomic E-state index is -0.176. The van der Waals surface area contributed by atoms with Gasteiger partial charge in [0.1, 0.15) is 0 Å². The summed E-state index contributed by atoms with van der Waals surface area (Å²) in [6.45, 7) is 3.06. The van der Waals surface area contributed by atoms with Crippen LogP contribution in [0.5, 0.6) is 0 Å². The van der Waals surface area contributed by atoms with Gasteiger partial charge < -0.3 is 9.47 Å². The molecule has 1 aromatic carbocycles. The molecule has 1 aliphatic heterocycles. The van der Waals surface area contributed by atoms with Crippen LogP contribution in [-0.2, 0) is 27.1 Å². The van der Waals surface area contributed by atoms with Gasteiger partial charge in [0.05, 0.1) is 31.0 Å². The minimum absolute atomic E-state index is 0.176. The third-order valence-electron chi connectivity index (χ3n) is 3.35. The first-order chi connectivity index (χ1) is 9.72. The van der Waals surface area contributed by atoms with Gasteiger partial charge in [-0.25, -0.2) is 0 Å². The highest BCUT2D eigenvalue weighted by Gasteiger charge is 2.22. The van der Waals surface area contributed by atoms with Gasteiger partial charge in [-0.3, -0.25) is 4.79 Å². The number of hydrogen-bond donors (Lipinski definition) is 0. The van der Waals surface area contributed by atoms with Crippen LogP contribution in [0.2, 0.25) is 0 Å². The van der Waals surface area contributed by atoms with Crippen LogP contribution in [0.15, 0.2) is 18.2 Å². The van der Waals surface area contributed by atoms with Gasteiger partial charge in [0.15, 0.2) is 0 Å². The molecule has 0 radical (unpaired) electrons. The number of benzene rings is 1. The fraction of sp³-hybridized carbons (Fsp3) is 0.500.